The molecule has 3 heteroatoms. The van der Waals surface area contributed by atoms with E-state index in [1.54, 1.807) is 0 Å². The van der Waals surface area contributed by atoms with Crippen molar-refractivity contribution in [2.24, 2.45) is 11.3 Å². The summed E-state index contributed by atoms with van der Waals surface area (Å²) in [5.41, 5.74) is 2.12. The van der Waals surface area contributed by atoms with E-state index in [4.69, 9.17) is 0 Å². The van der Waals surface area contributed by atoms with Gasteiger partial charge in [-0.3, -0.25) is 4.79 Å². The molecule has 0 aromatic heterocycles. The number of hydrogen-bond acceptors (Lipinski definition) is 2. The average Bonchev–Trinajstić information content (AvgIpc) is 2.33. The molecule has 1 aromatic rings. The number of carbonyl (C=O) groups excluding carboxylic acids is 1. The number of fused-ring (bicyclic) bond motifs is 1. The van der Waals surface area contributed by atoms with Gasteiger partial charge in [-0.05, 0) is 36.9 Å². The normalized spacial score (nSPS) is 21.1. The summed E-state index contributed by atoms with van der Waals surface area (Å²) in [6.07, 6.45) is 2.11. The van der Waals surface area contributed by atoms with Crippen LogP contribution in [0.1, 0.15) is 25.8 Å². The molecule has 102 valence electrons. The predicted octanol–water partition coefficient (Wildman–Crippen LogP) is 2.53. The number of nitrogens with zero attached hydrogens (tertiary/aromatic N) is 1. The topological polar surface area (TPSA) is 32.3 Å². The molecule has 0 radical (unpaired) electrons. The van der Waals surface area contributed by atoms with Crippen molar-refractivity contribution in [1.82, 2.24) is 4.90 Å². The second-order valence-corrected chi connectivity index (χ2v) is 6.46. The van der Waals surface area contributed by atoms with Crippen molar-refractivity contribution in [2.45, 2.75) is 26.7 Å². The lowest BCUT2D eigenvalue weighted by Crippen LogP contribution is -2.64. The third-order valence-corrected chi connectivity index (χ3v) is 4.35. The van der Waals surface area contributed by atoms with Crippen LogP contribution in [-0.4, -0.2) is 30.4 Å². The van der Waals surface area contributed by atoms with Gasteiger partial charge in [0.2, 0.25) is 5.91 Å². The van der Waals surface area contributed by atoms with Crippen molar-refractivity contribution in [1.29, 1.82) is 0 Å². The molecule has 0 bridgehead atoms. The minimum atomic E-state index is -0.161. The van der Waals surface area contributed by atoms with E-state index in [-0.39, 0.29) is 11.3 Å². The monoisotopic (exact) mass is 258 g/mol. The first-order chi connectivity index (χ1) is 9.09. The van der Waals surface area contributed by atoms with Crippen LogP contribution in [0, 0.1) is 11.3 Å². The zero-order chi connectivity index (χ0) is 13.5. The molecule has 0 saturated carbocycles. The Morgan fingerprint density at radius 1 is 1.32 bits per heavy atom. The van der Waals surface area contributed by atoms with Crippen molar-refractivity contribution in [2.75, 3.05) is 25.0 Å². The summed E-state index contributed by atoms with van der Waals surface area (Å²) in [5, 5.41) is 3.07. The minimum Gasteiger partial charge on any atom is -0.325 e. The van der Waals surface area contributed by atoms with Crippen LogP contribution in [-0.2, 0) is 11.2 Å². The minimum absolute atomic E-state index is 0.161. The Balaban J connectivity index is 1.66. The summed E-state index contributed by atoms with van der Waals surface area (Å²) >= 11 is 0. The number of para-hydroxylation sites is 1. The highest BCUT2D eigenvalue weighted by molar-refractivity contribution is 5.99. The Hall–Kier alpha value is -1.35. The fourth-order valence-electron chi connectivity index (χ4n) is 3.16. The summed E-state index contributed by atoms with van der Waals surface area (Å²) in [6.45, 7) is 7.45. The summed E-state index contributed by atoms with van der Waals surface area (Å²) in [6, 6.07) is 8.16. The molecule has 1 saturated heterocycles. The molecular weight excluding hydrogens is 236 g/mol. The molecule has 2 heterocycles. The lowest BCUT2D eigenvalue weighted by molar-refractivity contribution is -0.136. The molecule has 3 nitrogen and oxygen atoms in total. The molecule has 3 rings (SSSR count). The average molecular weight is 258 g/mol. The van der Waals surface area contributed by atoms with Gasteiger partial charge in [0.1, 0.15) is 0 Å². The van der Waals surface area contributed by atoms with Gasteiger partial charge in [-0.1, -0.05) is 32.0 Å². The third kappa shape index (κ3) is 2.27. The number of benzene rings is 1. The van der Waals surface area contributed by atoms with E-state index in [0.717, 1.165) is 37.7 Å². The van der Waals surface area contributed by atoms with E-state index < -0.39 is 0 Å². The molecule has 0 aliphatic carbocycles. The number of nitrogens with one attached hydrogen (secondary N) is 1. The van der Waals surface area contributed by atoms with E-state index in [9.17, 15) is 4.79 Å². The van der Waals surface area contributed by atoms with Gasteiger partial charge in [0.15, 0.2) is 0 Å². The van der Waals surface area contributed by atoms with E-state index in [1.165, 1.54) is 12.0 Å². The molecule has 0 atom stereocenters. The summed E-state index contributed by atoms with van der Waals surface area (Å²) in [5.74, 6) is 0.949. The second-order valence-electron chi connectivity index (χ2n) is 6.46. The van der Waals surface area contributed by atoms with Gasteiger partial charge in [0.05, 0.1) is 5.41 Å². The van der Waals surface area contributed by atoms with E-state index >= 15 is 0 Å². The van der Waals surface area contributed by atoms with E-state index in [0.29, 0.717) is 0 Å². The Morgan fingerprint density at radius 2 is 2.05 bits per heavy atom. The fourth-order valence-corrected chi connectivity index (χ4v) is 3.16. The molecule has 1 amide bonds. The van der Waals surface area contributed by atoms with E-state index in [1.807, 2.05) is 12.1 Å². The number of hydrogen-bond donors (Lipinski definition) is 1. The Morgan fingerprint density at radius 3 is 2.79 bits per heavy atom. The highest BCUT2D eigenvalue weighted by atomic mass is 16.2. The summed E-state index contributed by atoms with van der Waals surface area (Å²) < 4.78 is 0. The quantitative estimate of drug-likeness (QED) is 0.903. The van der Waals surface area contributed by atoms with Gasteiger partial charge in [-0.15, -0.1) is 0 Å². The molecule has 1 aromatic carbocycles. The van der Waals surface area contributed by atoms with Gasteiger partial charge in [0.25, 0.3) is 0 Å². The van der Waals surface area contributed by atoms with Crippen LogP contribution in [0.25, 0.3) is 0 Å². The fraction of sp³-hybridized carbons (Fsp3) is 0.562. The number of rotatable bonds is 3. The van der Waals surface area contributed by atoms with Crippen LogP contribution in [0.3, 0.4) is 0 Å². The summed E-state index contributed by atoms with van der Waals surface area (Å²) in [4.78, 5) is 14.7. The molecule has 0 unspecified atom stereocenters. The molecule has 2 aliphatic heterocycles. The van der Waals surface area contributed by atoms with Gasteiger partial charge in [0, 0.05) is 18.8 Å². The number of anilines is 1. The first-order valence-electron chi connectivity index (χ1n) is 7.21. The summed E-state index contributed by atoms with van der Waals surface area (Å²) in [7, 11) is 0. The Bertz CT molecular complexity index is 489. The van der Waals surface area contributed by atoms with Gasteiger partial charge in [-0.2, -0.15) is 0 Å². The van der Waals surface area contributed by atoms with Crippen molar-refractivity contribution in [3.8, 4) is 0 Å². The first-order valence-corrected chi connectivity index (χ1v) is 7.21. The van der Waals surface area contributed by atoms with Gasteiger partial charge >= 0.3 is 0 Å². The third-order valence-electron chi connectivity index (χ3n) is 4.35. The molecule has 1 fully saturated rings. The van der Waals surface area contributed by atoms with Crippen molar-refractivity contribution < 1.29 is 4.79 Å². The number of carbonyl (C=O) groups is 1. The van der Waals surface area contributed by atoms with Crippen molar-refractivity contribution >= 4 is 11.6 Å². The maximum atomic E-state index is 12.3. The molecule has 1 N–H and O–H groups in total. The highest BCUT2D eigenvalue weighted by Gasteiger charge is 2.50. The Kier molecular flexibility index (Phi) is 3.09. The lowest BCUT2D eigenvalue weighted by Gasteiger charge is -2.51. The smallest absolute Gasteiger partial charge is 0.233 e. The zero-order valence-electron chi connectivity index (χ0n) is 11.8. The van der Waals surface area contributed by atoms with Gasteiger partial charge < -0.3 is 10.2 Å². The molecule has 2 aliphatic rings. The maximum Gasteiger partial charge on any atom is 0.233 e. The molecule has 1 spiro atoms. The Labute approximate surface area is 115 Å². The van der Waals surface area contributed by atoms with Crippen LogP contribution in [0.5, 0.6) is 0 Å². The lowest BCUT2D eigenvalue weighted by atomic mass is 9.71. The predicted molar refractivity (Wildman–Crippen MR) is 77.1 cm³/mol. The highest BCUT2D eigenvalue weighted by Crippen LogP contribution is 2.40. The maximum absolute atomic E-state index is 12.3. The second kappa shape index (κ2) is 4.64. The van der Waals surface area contributed by atoms with E-state index in [2.05, 4.69) is 36.2 Å². The first kappa shape index (κ1) is 12.7. The van der Waals surface area contributed by atoms with Crippen LogP contribution in [0.4, 0.5) is 5.69 Å². The number of amides is 1. The van der Waals surface area contributed by atoms with Crippen LogP contribution in [0.15, 0.2) is 24.3 Å². The standard InChI is InChI=1S/C16H22N2O/c1-12(2)7-8-18-10-16(11-18)9-13-5-3-4-6-14(13)17-15(16)19/h3-6,12H,7-11H2,1-2H3,(H,17,19). The molecule has 19 heavy (non-hydrogen) atoms. The molecular formula is C16H22N2O. The SMILES string of the molecule is CC(C)CCN1CC2(Cc3ccccc3NC2=O)C1. The van der Waals surface area contributed by atoms with Crippen molar-refractivity contribution in [3.63, 3.8) is 0 Å². The zero-order valence-corrected chi connectivity index (χ0v) is 11.8. The van der Waals surface area contributed by atoms with Crippen LogP contribution in [0.2, 0.25) is 0 Å². The van der Waals surface area contributed by atoms with Crippen LogP contribution >= 0.6 is 0 Å². The van der Waals surface area contributed by atoms with Crippen LogP contribution < -0.4 is 5.32 Å². The number of likely N-dealkylation sites (tertiary alicyclic amines) is 1. The van der Waals surface area contributed by atoms with Crippen molar-refractivity contribution in [3.05, 3.63) is 29.8 Å². The largest absolute Gasteiger partial charge is 0.325 e. The van der Waals surface area contributed by atoms with Gasteiger partial charge in [-0.25, -0.2) is 0 Å².